The molecule has 1 unspecified atom stereocenters. The predicted octanol–water partition coefficient (Wildman–Crippen LogP) is 5.73. The van der Waals surface area contributed by atoms with Crippen molar-refractivity contribution in [2.75, 3.05) is 52.4 Å². The maximum atomic E-state index is 13.3. The standard InChI is InChI=1S/C31H50N4O3.C2HF3O2/c1-6-9-13-27-31(38-30(37)35(27)23-22-32(7-2)8-3)16-20-33(21-17-31)26-14-18-34(19-15-26)29(36)28-24(4)11-10-12-25(28)5;3-2(4,5)1(6)7/h10-12,26-27H,6-9,13-23H2,1-5H3;(H,6,7). The number of nitrogens with zero attached hydrogens (tertiary/aromatic N) is 4. The Labute approximate surface area is 265 Å². The highest BCUT2D eigenvalue weighted by Gasteiger charge is 2.54. The summed E-state index contributed by atoms with van der Waals surface area (Å²) in [4.78, 5) is 44.4. The number of alkyl halides is 3. The Kier molecular flexibility index (Phi) is 13.1. The second-order valence-electron chi connectivity index (χ2n) is 12.4. The van der Waals surface area contributed by atoms with Crippen molar-refractivity contribution in [1.29, 1.82) is 0 Å². The van der Waals surface area contributed by atoms with Gasteiger partial charge in [-0.3, -0.25) is 14.6 Å². The second kappa shape index (κ2) is 16.1. The molecule has 0 bridgehead atoms. The molecule has 0 radical (unpaired) electrons. The molecule has 12 heteroatoms. The fourth-order valence-corrected chi connectivity index (χ4v) is 7.01. The van der Waals surface area contributed by atoms with E-state index in [1.165, 1.54) is 0 Å². The second-order valence-corrected chi connectivity index (χ2v) is 12.4. The molecule has 0 aliphatic carbocycles. The van der Waals surface area contributed by atoms with Crippen molar-refractivity contribution in [2.45, 2.75) is 103 Å². The summed E-state index contributed by atoms with van der Waals surface area (Å²) in [6.07, 6.45) is 1.95. The number of benzene rings is 1. The van der Waals surface area contributed by atoms with E-state index in [1.807, 2.05) is 36.9 Å². The molecule has 3 aliphatic heterocycles. The number of hydrogen-bond acceptors (Lipinski definition) is 6. The number of aliphatic carboxylic acids is 1. The van der Waals surface area contributed by atoms with E-state index in [0.717, 1.165) is 114 Å². The third-order valence-electron chi connectivity index (χ3n) is 9.74. The summed E-state index contributed by atoms with van der Waals surface area (Å²) < 4.78 is 38.0. The third-order valence-corrected chi connectivity index (χ3v) is 9.74. The maximum Gasteiger partial charge on any atom is 0.490 e. The summed E-state index contributed by atoms with van der Waals surface area (Å²) in [6, 6.07) is 6.77. The lowest BCUT2D eigenvalue weighted by Gasteiger charge is -2.46. The van der Waals surface area contributed by atoms with Gasteiger partial charge in [-0.15, -0.1) is 0 Å². The number of amides is 2. The topological polar surface area (TPSA) is 93.6 Å². The predicted molar refractivity (Wildman–Crippen MR) is 166 cm³/mol. The molecule has 3 aliphatic rings. The molecule has 9 nitrogen and oxygen atoms in total. The minimum absolute atomic E-state index is 0.106. The number of carbonyl (C=O) groups is 3. The van der Waals surface area contributed by atoms with E-state index >= 15 is 0 Å². The molecule has 1 atom stereocenters. The molecule has 4 rings (SSSR count). The van der Waals surface area contributed by atoms with Gasteiger partial charge in [-0.2, -0.15) is 13.2 Å². The van der Waals surface area contributed by atoms with E-state index in [1.54, 1.807) is 0 Å². The molecule has 0 saturated carbocycles. The quantitative estimate of drug-likeness (QED) is 0.349. The minimum Gasteiger partial charge on any atom is -0.475 e. The van der Waals surface area contributed by atoms with Gasteiger partial charge >= 0.3 is 18.2 Å². The Morgan fingerprint density at radius 3 is 2.07 bits per heavy atom. The summed E-state index contributed by atoms with van der Waals surface area (Å²) in [5.74, 6) is -2.58. The summed E-state index contributed by atoms with van der Waals surface area (Å²) in [5.41, 5.74) is 2.66. The van der Waals surface area contributed by atoms with Crippen LogP contribution >= 0.6 is 0 Å². The van der Waals surface area contributed by atoms with Crippen molar-refractivity contribution in [1.82, 2.24) is 19.6 Å². The Bertz CT molecular complexity index is 1120. The van der Waals surface area contributed by atoms with Crippen LogP contribution < -0.4 is 0 Å². The number of rotatable bonds is 10. The largest absolute Gasteiger partial charge is 0.490 e. The van der Waals surface area contributed by atoms with Crippen LogP contribution in [0.15, 0.2) is 18.2 Å². The van der Waals surface area contributed by atoms with E-state index < -0.39 is 12.1 Å². The number of unbranched alkanes of at least 4 members (excludes halogenated alkanes) is 1. The van der Waals surface area contributed by atoms with Crippen LogP contribution in [0.25, 0.3) is 0 Å². The minimum atomic E-state index is -5.08. The Hall–Kier alpha value is -2.86. The molecule has 1 N–H and O–H groups in total. The van der Waals surface area contributed by atoms with Crippen LogP contribution in [0.4, 0.5) is 18.0 Å². The number of likely N-dealkylation sites (tertiary alicyclic amines) is 2. The number of aryl methyl sites for hydroxylation is 2. The first kappa shape index (κ1) is 36.6. The summed E-state index contributed by atoms with van der Waals surface area (Å²) in [5, 5.41) is 7.12. The smallest absolute Gasteiger partial charge is 0.475 e. The SMILES string of the molecule is CCCCC1N(CCN(CC)CC)C(=O)OC12CCN(C1CCN(C(=O)c3c(C)cccc3C)CC1)CC2.O=C(O)C(F)(F)F. The van der Waals surface area contributed by atoms with Crippen LogP contribution in [0.2, 0.25) is 0 Å². The van der Waals surface area contributed by atoms with Crippen molar-refractivity contribution in [3.8, 4) is 0 Å². The Morgan fingerprint density at radius 2 is 1.58 bits per heavy atom. The first-order chi connectivity index (χ1) is 21.3. The van der Waals surface area contributed by atoms with Crippen molar-refractivity contribution < 1.29 is 37.4 Å². The highest BCUT2D eigenvalue weighted by atomic mass is 19.4. The molecule has 1 spiro atoms. The van der Waals surface area contributed by atoms with Crippen LogP contribution in [0.3, 0.4) is 0 Å². The number of likely N-dealkylation sites (N-methyl/N-ethyl adjacent to an activating group) is 1. The van der Waals surface area contributed by atoms with Crippen molar-refractivity contribution in [2.24, 2.45) is 0 Å². The van der Waals surface area contributed by atoms with Gasteiger partial charge in [0, 0.05) is 63.7 Å². The first-order valence-corrected chi connectivity index (χ1v) is 16.4. The van der Waals surface area contributed by atoms with E-state index in [0.29, 0.717) is 6.04 Å². The van der Waals surface area contributed by atoms with Crippen LogP contribution in [-0.2, 0) is 9.53 Å². The lowest BCUT2D eigenvalue weighted by atomic mass is 9.81. The van der Waals surface area contributed by atoms with Crippen LogP contribution in [0.1, 0.15) is 87.2 Å². The summed E-state index contributed by atoms with van der Waals surface area (Å²) >= 11 is 0. The Morgan fingerprint density at radius 1 is 1.02 bits per heavy atom. The zero-order valence-corrected chi connectivity index (χ0v) is 27.5. The van der Waals surface area contributed by atoms with Gasteiger partial charge in [0.25, 0.3) is 5.91 Å². The number of carboxylic acids is 1. The molecule has 0 aromatic heterocycles. The molecule has 3 fully saturated rings. The molecule has 2 amide bonds. The molecular formula is C33H51F3N4O5. The van der Waals surface area contributed by atoms with Crippen molar-refractivity contribution in [3.05, 3.63) is 34.9 Å². The normalized spacial score (nSPS) is 20.7. The van der Waals surface area contributed by atoms with E-state index in [9.17, 15) is 22.8 Å². The van der Waals surface area contributed by atoms with Gasteiger partial charge in [0.05, 0.1) is 6.04 Å². The van der Waals surface area contributed by atoms with Gasteiger partial charge in [0.1, 0.15) is 5.60 Å². The Balaban J connectivity index is 0.000000707. The highest BCUT2D eigenvalue weighted by Crippen LogP contribution is 2.41. The zero-order valence-electron chi connectivity index (χ0n) is 27.5. The van der Waals surface area contributed by atoms with Crippen LogP contribution in [0.5, 0.6) is 0 Å². The lowest BCUT2D eigenvalue weighted by Crippen LogP contribution is -2.56. The van der Waals surface area contributed by atoms with Crippen molar-refractivity contribution >= 4 is 18.0 Å². The van der Waals surface area contributed by atoms with E-state index in [-0.39, 0.29) is 23.6 Å². The molecule has 45 heavy (non-hydrogen) atoms. The highest BCUT2D eigenvalue weighted by molar-refractivity contribution is 5.97. The van der Waals surface area contributed by atoms with Crippen molar-refractivity contribution in [3.63, 3.8) is 0 Å². The average molecular weight is 641 g/mol. The van der Waals surface area contributed by atoms with Gasteiger partial charge in [-0.25, -0.2) is 9.59 Å². The van der Waals surface area contributed by atoms with Gasteiger partial charge in [0.2, 0.25) is 0 Å². The number of carbonyl (C=O) groups excluding carboxylic acids is 2. The fourth-order valence-electron chi connectivity index (χ4n) is 7.01. The molecule has 3 heterocycles. The van der Waals surface area contributed by atoms with Crippen LogP contribution in [-0.4, -0.2) is 119 Å². The number of halogens is 3. The van der Waals surface area contributed by atoms with Gasteiger partial charge in [-0.05, 0) is 57.3 Å². The molecular weight excluding hydrogens is 589 g/mol. The van der Waals surface area contributed by atoms with E-state index in [4.69, 9.17) is 14.6 Å². The number of hydrogen-bond donors (Lipinski definition) is 1. The lowest BCUT2D eigenvalue weighted by molar-refractivity contribution is -0.192. The zero-order chi connectivity index (χ0) is 33.4. The molecule has 1 aromatic rings. The van der Waals surface area contributed by atoms with Gasteiger partial charge in [-0.1, -0.05) is 51.8 Å². The maximum absolute atomic E-state index is 13.3. The third kappa shape index (κ3) is 9.12. The average Bonchev–Trinajstić information content (AvgIpc) is 3.25. The number of carboxylic acid groups (broad SMARTS) is 1. The molecule has 3 saturated heterocycles. The first-order valence-electron chi connectivity index (χ1n) is 16.4. The fraction of sp³-hybridized carbons (Fsp3) is 0.727. The monoisotopic (exact) mass is 640 g/mol. The summed E-state index contributed by atoms with van der Waals surface area (Å²) in [7, 11) is 0. The summed E-state index contributed by atoms with van der Waals surface area (Å²) in [6.45, 7) is 17.9. The molecule has 254 valence electrons. The number of ether oxygens (including phenoxy) is 1. The number of piperidine rings is 2. The van der Waals surface area contributed by atoms with Gasteiger partial charge < -0.3 is 19.6 Å². The molecule has 1 aromatic carbocycles. The van der Waals surface area contributed by atoms with Crippen LogP contribution in [0, 0.1) is 13.8 Å². The van der Waals surface area contributed by atoms with E-state index in [2.05, 4.69) is 35.5 Å². The van der Waals surface area contributed by atoms with Gasteiger partial charge in [0.15, 0.2) is 0 Å².